The zero-order valence-corrected chi connectivity index (χ0v) is 10.1. The Bertz CT molecular complexity index is 287. The number of nitrogens with zero attached hydrogens (tertiary/aromatic N) is 1. The van der Waals surface area contributed by atoms with Gasteiger partial charge in [-0.25, -0.2) is 4.98 Å². The third-order valence-electron chi connectivity index (χ3n) is 2.28. The molecule has 1 N–H and O–H groups in total. The number of rotatable bonds is 6. The Labute approximate surface area is 94.9 Å². The number of aromatic nitrogens is 1. The van der Waals surface area contributed by atoms with Crippen molar-refractivity contribution in [2.45, 2.75) is 52.0 Å². The van der Waals surface area contributed by atoms with Gasteiger partial charge in [0.2, 0.25) is 0 Å². The van der Waals surface area contributed by atoms with E-state index in [1.165, 1.54) is 17.8 Å². The van der Waals surface area contributed by atoms with Crippen LogP contribution in [0, 0.1) is 0 Å². The van der Waals surface area contributed by atoms with Crippen LogP contribution in [0.5, 0.6) is 0 Å². The van der Waals surface area contributed by atoms with Crippen molar-refractivity contribution in [1.82, 2.24) is 10.3 Å². The van der Waals surface area contributed by atoms with Crippen molar-refractivity contribution in [3.05, 3.63) is 16.1 Å². The van der Waals surface area contributed by atoms with Crippen LogP contribution in [0.4, 0.5) is 0 Å². The van der Waals surface area contributed by atoms with Crippen LogP contribution in [0.2, 0.25) is 0 Å². The molecule has 1 aromatic heterocycles. The van der Waals surface area contributed by atoms with Gasteiger partial charge >= 0.3 is 0 Å². The van der Waals surface area contributed by atoms with E-state index in [1.54, 1.807) is 11.3 Å². The van der Waals surface area contributed by atoms with Crippen molar-refractivity contribution in [2.75, 3.05) is 0 Å². The predicted molar refractivity (Wildman–Crippen MR) is 61.9 cm³/mol. The molecule has 0 bridgehead atoms. The van der Waals surface area contributed by atoms with Crippen molar-refractivity contribution in [3.8, 4) is 0 Å². The zero-order chi connectivity index (χ0) is 10.7. The lowest BCUT2D eigenvalue weighted by Crippen LogP contribution is -2.15. The Kier molecular flexibility index (Phi) is 3.72. The smallest absolute Gasteiger partial charge is 0.107 e. The van der Waals surface area contributed by atoms with Gasteiger partial charge in [-0.1, -0.05) is 0 Å². The summed E-state index contributed by atoms with van der Waals surface area (Å²) in [4.78, 5) is 4.51. The molecule has 0 saturated heterocycles. The summed E-state index contributed by atoms with van der Waals surface area (Å²) in [7, 11) is 0. The van der Waals surface area contributed by atoms with Gasteiger partial charge in [0.05, 0.1) is 18.4 Å². The topological polar surface area (TPSA) is 34.1 Å². The highest BCUT2D eigenvalue weighted by Crippen LogP contribution is 2.20. The van der Waals surface area contributed by atoms with Gasteiger partial charge in [0.15, 0.2) is 0 Å². The molecule has 0 aromatic carbocycles. The van der Waals surface area contributed by atoms with Gasteiger partial charge in [0.25, 0.3) is 0 Å². The molecule has 2 rings (SSSR count). The summed E-state index contributed by atoms with van der Waals surface area (Å²) < 4.78 is 5.50. The highest BCUT2D eigenvalue weighted by molar-refractivity contribution is 7.09. The molecule has 0 atom stereocenters. The molecule has 0 spiro atoms. The van der Waals surface area contributed by atoms with Crippen LogP contribution in [-0.2, 0) is 17.9 Å². The minimum absolute atomic E-state index is 0.278. The van der Waals surface area contributed by atoms with E-state index in [0.29, 0.717) is 6.61 Å². The van der Waals surface area contributed by atoms with Crippen LogP contribution in [0.1, 0.15) is 37.4 Å². The summed E-state index contributed by atoms with van der Waals surface area (Å²) in [6.07, 6.45) is 2.93. The predicted octanol–water partition coefficient (Wildman–Crippen LogP) is 2.32. The highest BCUT2D eigenvalue weighted by atomic mass is 32.1. The molecule has 0 unspecified atom stereocenters. The second-order valence-electron chi connectivity index (χ2n) is 4.25. The van der Waals surface area contributed by atoms with Gasteiger partial charge in [-0.2, -0.15) is 0 Å². The maximum Gasteiger partial charge on any atom is 0.107 e. The van der Waals surface area contributed by atoms with Gasteiger partial charge in [0, 0.05) is 18.0 Å². The van der Waals surface area contributed by atoms with Crippen LogP contribution in [0.25, 0.3) is 0 Å². The fourth-order valence-corrected chi connectivity index (χ4v) is 2.00. The summed E-state index contributed by atoms with van der Waals surface area (Å²) in [5.41, 5.74) is 1.06. The Morgan fingerprint density at radius 3 is 3.07 bits per heavy atom. The molecular weight excluding hydrogens is 208 g/mol. The zero-order valence-electron chi connectivity index (χ0n) is 9.32. The lowest BCUT2D eigenvalue weighted by atomic mass is 10.4. The molecule has 1 saturated carbocycles. The largest absolute Gasteiger partial charge is 0.372 e. The van der Waals surface area contributed by atoms with Gasteiger partial charge in [-0.05, 0) is 26.7 Å². The van der Waals surface area contributed by atoms with Crippen molar-refractivity contribution < 1.29 is 4.74 Å². The minimum atomic E-state index is 0.278. The molecule has 15 heavy (non-hydrogen) atoms. The standard InChI is InChI=1S/C11H18N2OS/c1-8(2)14-6-10-7-15-11(13-10)5-12-9-3-4-9/h7-9,12H,3-6H2,1-2H3. The van der Waals surface area contributed by atoms with E-state index >= 15 is 0 Å². The maximum atomic E-state index is 5.50. The van der Waals surface area contributed by atoms with Crippen molar-refractivity contribution >= 4 is 11.3 Å². The Balaban J connectivity index is 1.75. The molecule has 0 radical (unpaired) electrons. The van der Waals surface area contributed by atoms with Gasteiger partial charge in [0.1, 0.15) is 5.01 Å². The van der Waals surface area contributed by atoms with Crippen molar-refractivity contribution in [3.63, 3.8) is 0 Å². The van der Waals surface area contributed by atoms with Gasteiger partial charge < -0.3 is 10.1 Å². The molecule has 1 heterocycles. The summed E-state index contributed by atoms with van der Waals surface area (Å²) in [5.74, 6) is 0. The highest BCUT2D eigenvalue weighted by Gasteiger charge is 2.20. The number of hydrogen-bond donors (Lipinski definition) is 1. The van der Waals surface area contributed by atoms with E-state index in [1.807, 2.05) is 13.8 Å². The maximum absolute atomic E-state index is 5.50. The summed E-state index contributed by atoms with van der Waals surface area (Å²) in [6.45, 7) is 5.64. The van der Waals surface area contributed by atoms with E-state index < -0.39 is 0 Å². The Hall–Kier alpha value is -0.450. The number of hydrogen-bond acceptors (Lipinski definition) is 4. The van der Waals surface area contributed by atoms with E-state index in [9.17, 15) is 0 Å². The van der Waals surface area contributed by atoms with Gasteiger partial charge in [-0.15, -0.1) is 11.3 Å². The van der Waals surface area contributed by atoms with E-state index in [2.05, 4.69) is 15.7 Å². The fourth-order valence-electron chi connectivity index (χ4n) is 1.27. The van der Waals surface area contributed by atoms with Crippen molar-refractivity contribution in [2.24, 2.45) is 0 Å². The molecule has 1 aromatic rings. The minimum Gasteiger partial charge on any atom is -0.372 e. The molecule has 4 heteroatoms. The monoisotopic (exact) mass is 226 g/mol. The molecule has 84 valence electrons. The van der Waals surface area contributed by atoms with E-state index in [0.717, 1.165) is 18.3 Å². The third kappa shape index (κ3) is 3.89. The number of ether oxygens (including phenoxy) is 1. The molecule has 1 aliphatic rings. The lowest BCUT2D eigenvalue weighted by Gasteiger charge is -2.04. The van der Waals surface area contributed by atoms with Gasteiger partial charge in [-0.3, -0.25) is 0 Å². The number of nitrogens with one attached hydrogen (secondary N) is 1. The van der Waals surface area contributed by atoms with Crippen LogP contribution in [0.15, 0.2) is 5.38 Å². The molecule has 1 fully saturated rings. The second kappa shape index (κ2) is 5.05. The third-order valence-corrected chi connectivity index (χ3v) is 3.18. The quantitative estimate of drug-likeness (QED) is 0.808. The average molecular weight is 226 g/mol. The van der Waals surface area contributed by atoms with Crippen LogP contribution >= 0.6 is 11.3 Å². The first-order valence-electron chi connectivity index (χ1n) is 5.52. The SMILES string of the molecule is CC(C)OCc1csc(CNC2CC2)n1. The molecule has 0 amide bonds. The fraction of sp³-hybridized carbons (Fsp3) is 0.727. The second-order valence-corrected chi connectivity index (χ2v) is 5.19. The molecule has 0 aliphatic heterocycles. The van der Waals surface area contributed by atoms with Crippen LogP contribution in [-0.4, -0.2) is 17.1 Å². The molecular formula is C11H18N2OS. The first kappa shape index (κ1) is 11.0. The summed E-state index contributed by atoms with van der Waals surface area (Å²) in [5, 5.41) is 6.72. The summed E-state index contributed by atoms with van der Waals surface area (Å²) >= 11 is 1.72. The first-order chi connectivity index (χ1) is 7.24. The van der Waals surface area contributed by atoms with Crippen molar-refractivity contribution in [1.29, 1.82) is 0 Å². The van der Waals surface area contributed by atoms with Crippen LogP contribution < -0.4 is 5.32 Å². The summed E-state index contributed by atoms with van der Waals surface area (Å²) in [6, 6.07) is 0.754. The number of thiazole rings is 1. The van der Waals surface area contributed by atoms with Crippen LogP contribution in [0.3, 0.4) is 0 Å². The molecule has 1 aliphatic carbocycles. The van der Waals surface area contributed by atoms with E-state index in [4.69, 9.17) is 4.74 Å². The Morgan fingerprint density at radius 1 is 1.60 bits per heavy atom. The average Bonchev–Trinajstić information content (AvgIpc) is 2.92. The normalized spacial score (nSPS) is 16.2. The molecule has 3 nitrogen and oxygen atoms in total. The lowest BCUT2D eigenvalue weighted by molar-refractivity contribution is 0.0638. The van der Waals surface area contributed by atoms with E-state index in [-0.39, 0.29) is 6.10 Å². The Morgan fingerprint density at radius 2 is 2.40 bits per heavy atom. The first-order valence-corrected chi connectivity index (χ1v) is 6.40.